The lowest BCUT2D eigenvalue weighted by molar-refractivity contribution is -0.139. The van der Waals surface area contributed by atoms with Gasteiger partial charge in [-0.15, -0.1) is 0 Å². The number of amides is 2. The summed E-state index contributed by atoms with van der Waals surface area (Å²) < 4.78 is 86.5. The van der Waals surface area contributed by atoms with E-state index in [9.17, 15) is 31.1 Å². The highest BCUT2D eigenvalue weighted by molar-refractivity contribution is 6.03. The number of ether oxygens (including phenoxy) is 1. The zero-order valence-electron chi connectivity index (χ0n) is 20.4. The quantitative estimate of drug-likeness (QED) is 0.305. The van der Waals surface area contributed by atoms with E-state index in [0.29, 0.717) is 17.6 Å². The van der Waals surface area contributed by atoms with Crippen LogP contribution in [0.5, 0.6) is 5.75 Å². The molecule has 0 atom stereocenters. The topological polar surface area (TPSA) is 41.6 Å². The first-order chi connectivity index (χ1) is 17.4. The highest BCUT2D eigenvalue weighted by Crippen LogP contribution is 2.42. The van der Waals surface area contributed by atoms with Crippen molar-refractivity contribution in [3.8, 4) is 5.75 Å². The minimum atomic E-state index is -4.72. The first-order valence-electron chi connectivity index (χ1n) is 11.5. The third-order valence-electron chi connectivity index (χ3n) is 5.69. The van der Waals surface area contributed by atoms with E-state index in [1.807, 2.05) is 6.92 Å². The summed E-state index contributed by atoms with van der Waals surface area (Å²) in [5.74, 6) is -0.364. The first kappa shape index (κ1) is 27.9. The number of anilines is 2. The number of fused-ring (bicyclic) bond motifs is 1. The summed E-state index contributed by atoms with van der Waals surface area (Å²) in [6, 6.07) is 4.39. The number of urea groups is 1. The summed E-state index contributed by atoms with van der Waals surface area (Å²) in [5, 5.41) is 2.44. The van der Waals surface area contributed by atoms with E-state index in [2.05, 4.69) is 5.32 Å². The Bertz CT molecular complexity index is 1240. The van der Waals surface area contributed by atoms with Gasteiger partial charge in [0, 0.05) is 17.9 Å². The van der Waals surface area contributed by atoms with Gasteiger partial charge >= 0.3 is 18.4 Å². The van der Waals surface area contributed by atoms with Crippen molar-refractivity contribution in [2.75, 3.05) is 23.9 Å². The summed E-state index contributed by atoms with van der Waals surface area (Å²) in [7, 11) is 1.12. The average molecular weight is 525 g/mol. The molecule has 0 saturated carbocycles. The number of benzene rings is 2. The normalized spacial score (nSPS) is 14.5. The molecule has 1 N–H and O–H groups in total. The maximum atomic E-state index is 13.7. The SMILES string of the molecule is C\C=C/C=C(\C=C\CC)c1cc(NC(=O)N2CCc3cc(OC)c(C(F)(F)F)cc32)cc(C(F)(F)F)c1. The van der Waals surface area contributed by atoms with Crippen molar-refractivity contribution in [3.63, 3.8) is 0 Å². The van der Waals surface area contributed by atoms with Crippen LogP contribution >= 0.6 is 0 Å². The van der Waals surface area contributed by atoms with Gasteiger partial charge in [-0.3, -0.25) is 4.90 Å². The fraction of sp³-hybridized carbons (Fsp3) is 0.296. The Morgan fingerprint density at radius 2 is 1.81 bits per heavy atom. The van der Waals surface area contributed by atoms with Crippen LogP contribution < -0.4 is 15.0 Å². The van der Waals surface area contributed by atoms with Gasteiger partial charge in [0.25, 0.3) is 0 Å². The summed E-state index contributed by atoms with van der Waals surface area (Å²) in [4.78, 5) is 14.1. The number of halogens is 6. The molecule has 1 aliphatic rings. The number of alkyl halides is 6. The number of rotatable bonds is 6. The van der Waals surface area contributed by atoms with Crippen LogP contribution in [0.15, 0.2) is 60.7 Å². The van der Waals surface area contributed by atoms with Gasteiger partial charge < -0.3 is 10.1 Å². The Balaban J connectivity index is 2.01. The molecule has 0 aliphatic carbocycles. The van der Waals surface area contributed by atoms with Crippen LogP contribution in [0.1, 0.15) is 42.5 Å². The van der Waals surface area contributed by atoms with Crippen LogP contribution in [0.4, 0.5) is 42.5 Å². The Morgan fingerprint density at radius 1 is 1.08 bits per heavy atom. The van der Waals surface area contributed by atoms with Crippen molar-refractivity contribution in [3.05, 3.63) is 83.0 Å². The Labute approximate surface area is 210 Å². The Morgan fingerprint density at radius 3 is 2.41 bits per heavy atom. The number of carbonyl (C=O) groups excluding carboxylic acids is 1. The van der Waals surface area contributed by atoms with Gasteiger partial charge in [0.1, 0.15) is 5.75 Å². The molecule has 10 heteroatoms. The molecular weight excluding hydrogens is 498 g/mol. The molecule has 0 unspecified atom stereocenters. The van der Waals surface area contributed by atoms with Gasteiger partial charge in [-0.2, -0.15) is 26.3 Å². The number of allylic oxidation sites excluding steroid dienone is 6. The third-order valence-corrected chi connectivity index (χ3v) is 5.69. The van der Waals surface area contributed by atoms with E-state index in [-0.39, 0.29) is 35.7 Å². The van der Waals surface area contributed by atoms with Crippen LogP contribution in [0.25, 0.3) is 5.57 Å². The molecule has 0 saturated heterocycles. The minimum absolute atomic E-state index is 0.0253. The smallest absolute Gasteiger partial charge is 0.420 e. The fourth-order valence-electron chi connectivity index (χ4n) is 3.93. The van der Waals surface area contributed by atoms with Crippen molar-refractivity contribution in [1.29, 1.82) is 0 Å². The van der Waals surface area contributed by atoms with Crippen molar-refractivity contribution in [2.45, 2.75) is 39.0 Å². The van der Waals surface area contributed by atoms with E-state index in [0.717, 1.165) is 30.2 Å². The number of hydrogen-bond acceptors (Lipinski definition) is 2. The Hall–Kier alpha value is -3.69. The number of hydrogen-bond donors (Lipinski definition) is 1. The highest BCUT2D eigenvalue weighted by atomic mass is 19.4. The van der Waals surface area contributed by atoms with Crippen LogP contribution in [0, 0.1) is 0 Å². The van der Waals surface area contributed by atoms with Gasteiger partial charge in [-0.25, -0.2) is 4.79 Å². The van der Waals surface area contributed by atoms with Gasteiger partial charge in [0.15, 0.2) is 0 Å². The van der Waals surface area contributed by atoms with E-state index in [1.54, 1.807) is 37.3 Å². The average Bonchev–Trinajstić information content (AvgIpc) is 3.25. The molecule has 0 radical (unpaired) electrons. The summed E-state index contributed by atoms with van der Waals surface area (Å²) in [6.45, 7) is 3.71. The van der Waals surface area contributed by atoms with E-state index < -0.39 is 29.5 Å². The molecule has 0 fully saturated rings. The van der Waals surface area contributed by atoms with Gasteiger partial charge in [0.2, 0.25) is 0 Å². The lowest BCUT2D eigenvalue weighted by Crippen LogP contribution is -2.33. The number of nitrogens with one attached hydrogen (secondary N) is 1. The third kappa shape index (κ3) is 6.55. The lowest BCUT2D eigenvalue weighted by atomic mass is 10.0. The molecule has 2 amide bonds. The van der Waals surface area contributed by atoms with Gasteiger partial charge in [-0.1, -0.05) is 37.3 Å². The van der Waals surface area contributed by atoms with Crippen LogP contribution in [0.3, 0.4) is 0 Å². The molecule has 0 aromatic heterocycles. The maximum absolute atomic E-state index is 13.7. The van der Waals surface area contributed by atoms with Gasteiger partial charge in [-0.05, 0) is 66.8 Å². The second-order valence-corrected chi connectivity index (χ2v) is 8.27. The lowest BCUT2D eigenvalue weighted by Gasteiger charge is -2.21. The fourth-order valence-corrected chi connectivity index (χ4v) is 3.93. The van der Waals surface area contributed by atoms with E-state index in [4.69, 9.17) is 4.74 Å². The molecule has 1 aliphatic heterocycles. The summed E-state index contributed by atoms with van der Waals surface area (Å²) in [6.07, 6.45) is 0.0583. The first-order valence-corrected chi connectivity index (χ1v) is 11.5. The summed E-state index contributed by atoms with van der Waals surface area (Å²) >= 11 is 0. The van der Waals surface area contributed by atoms with Crippen molar-refractivity contribution in [1.82, 2.24) is 0 Å². The molecule has 0 spiro atoms. The molecule has 0 bridgehead atoms. The molecule has 3 rings (SSSR count). The molecule has 37 heavy (non-hydrogen) atoms. The van der Waals surface area contributed by atoms with Crippen molar-refractivity contribution >= 4 is 23.0 Å². The molecular formula is C27H26F6N2O2. The van der Waals surface area contributed by atoms with Gasteiger partial charge in [0.05, 0.1) is 18.2 Å². The monoisotopic (exact) mass is 524 g/mol. The molecule has 2 aromatic carbocycles. The zero-order chi connectivity index (χ0) is 27.4. The predicted octanol–water partition coefficient (Wildman–Crippen LogP) is 8.25. The zero-order valence-corrected chi connectivity index (χ0v) is 20.4. The van der Waals surface area contributed by atoms with E-state index >= 15 is 0 Å². The summed E-state index contributed by atoms with van der Waals surface area (Å²) in [5.41, 5.74) is -0.944. The molecule has 198 valence electrons. The molecule has 2 aromatic rings. The van der Waals surface area contributed by atoms with Crippen molar-refractivity contribution < 1.29 is 35.9 Å². The predicted molar refractivity (Wildman–Crippen MR) is 132 cm³/mol. The standard InChI is InChI=1S/C27H26F6N2O2/c1-4-6-8-17(9-7-5-2)19-12-20(26(28,29)30)15-21(13-19)34-25(36)35-11-10-18-14-24(37-3)22(16-23(18)35)27(31,32)33/h4,6-9,12-16H,5,10-11H2,1-3H3,(H,34,36)/b6-4-,9-7+,17-8+. The van der Waals surface area contributed by atoms with Crippen LogP contribution in [-0.4, -0.2) is 19.7 Å². The highest BCUT2D eigenvalue weighted by Gasteiger charge is 2.38. The largest absolute Gasteiger partial charge is 0.496 e. The minimum Gasteiger partial charge on any atom is -0.496 e. The number of carbonyl (C=O) groups is 1. The Kier molecular flexibility index (Phi) is 8.40. The number of methoxy groups -OCH3 is 1. The van der Waals surface area contributed by atoms with Crippen LogP contribution in [-0.2, 0) is 18.8 Å². The molecule has 1 heterocycles. The van der Waals surface area contributed by atoms with E-state index in [1.165, 1.54) is 12.1 Å². The van der Waals surface area contributed by atoms with Crippen LogP contribution in [0.2, 0.25) is 0 Å². The maximum Gasteiger partial charge on any atom is 0.420 e. The molecule has 4 nitrogen and oxygen atoms in total. The number of nitrogens with zero attached hydrogens (tertiary/aromatic N) is 1. The second kappa shape index (κ2) is 11.1. The second-order valence-electron chi connectivity index (χ2n) is 8.27. The van der Waals surface area contributed by atoms with Crippen molar-refractivity contribution in [2.24, 2.45) is 0 Å².